The molecule has 1 amide bonds. The van der Waals surface area contributed by atoms with Crippen LogP contribution in [0.2, 0.25) is 0 Å². The summed E-state index contributed by atoms with van der Waals surface area (Å²) in [6.07, 6.45) is 0.162. The summed E-state index contributed by atoms with van der Waals surface area (Å²) in [5.74, 6) is -1.55. The smallest absolute Gasteiger partial charge is 0.256 e. The quantitative estimate of drug-likeness (QED) is 0.847. The second-order valence-electron chi connectivity index (χ2n) is 3.86. The number of halogens is 1. The van der Waals surface area contributed by atoms with Crippen molar-refractivity contribution in [1.82, 2.24) is 4.90 Å². The van der Waals surface area contributed by atoms with Crippen molar-refractivity contribution in [3.63, 3.8) is 0 Å². The summed E-state index contributed by atoms with van der Waals surface area (Å²) < 4.78 is 18.5. The molecule has 0 aliphatic carbocycles. The monoisotopic (exact) mass is 266 g/mol. The van der Waals surface area contributed by atoms with Crippen LogP contribution in [0.15, 0.2) is 18.2 Å². The van der Waals surface area contributed by atoms with E-state index in [4.69, 9.17) is 15.1 Å². The second-order valence-corrected chi connectivity index (χ2v) is 3.86. The number of carbonyl (C=O) groups excluding carboxylic acids is 1. The Bertz CT molecular complexity index is 485. The van der Waals surface area contributed by atoms with Crippen LogP contribution in [0.25, 0.3) is 0 Å². The lowest BCUT2D eigenvalue weighted by Gasteiger charge is -2.21. The van der Waals surface area contributed by atoms with Crippen LogP contribution in [0, 0.1) is 17.1 Å². The number of nitriles is 1. The number of amides is 1. The van der Waals surface area contributed by atoms with Crippen LogP contribution < -0.4 is 0 Å². The Morgan fingerprint density at radius 2 is 2.26 bits per heavy atom. The lowest BCUT2D eigenvalue weighted by Crippen LogP contribution is -2.35. The van der Waals surface area contributed by atoms with Crippen LogP contribution in [-0.4, -0.2) is 42.7 Å². The van der Waals surface area contributed by atoms with Gasteiger partial charge in [0.15, 0.2) is 0 Å². The van der Waals surface area contributed by atoms with E-state index in [0.717, 1.165) is 6.07 Å². The standard InChI is InChI=1S/C13H15FN2O3/c1-19-8-7-16(6-2-5-15)13(18)11-4-3-10(17)9-12(11)14/h3-4,9,17H,2,6-8H2,1H3. The number of hydrogen-bond acceptors (Lipinski definition) is 4. The molecule has 0 saturated carbocycles. The van der Waals surface area contributed by atoms with Crippen molar-refractivity contribution in [2.45, 2.75) is 6.42 Å². The molecule has 102 valence electrons. The molecule has 0 aliphatic rings. The van der Waals surface area contributed by atoms with E-state index in [1.54, 1.807) is 0 Å². The van der Waals surface area contributed by atoms with Crippen molar-refractivity contribution in [2.75, 3.05) is 26.8 Å². The molecule has 0 aliphatic heterocycles. The molecule has 5 nitrogen and oxygen atoms in total. The van der Waals surface area contributed by atoms with Crippen molar-refractivity contribution in [3.8, 4) is 11.8 Å². The van der Waals surface area contributed by atoms with Crippen molar-refractivity contribution in [3.05, 3.63) is 29.6 Å². The van der Waals surface area contributed by atoms with E-state index in [9.17, 15) is 9.18 Å². The molecule has 0 fully saturated rings. The largest absolute Gasteiger partial charge is 0.508 e. The number of ether oxygens (including phenoxy) is 1. The highest BCUT2D eigenvalue weighted by molar-refractivity contribution is 5.94. The zero-order chi connectivity index (χ0) is 14.3. The average molecular weight is 266 g/mol. The van der Waals surface area contributed by atoms with E-state index >= 15 is 0 Å². The molecular formula is C13H15FN2O3. The van der Waals surface area contributed by atoms with Crippen LogP contribution in [0.3, 0.4) is 0 Å². The Labute approximate surface area is 110 Å². The van der Waals surface area contributed by atoms with Crippen molar-refractivity contribution < 1.29 is 19.0 Å². The van der Waals surface area contributed by atoms with E-state index in [-0.39, 0.29) is 30.8 Å². The van der Waals surface area contributed by atoms with E-state index < -0.39 is 11.7 Å². The molecule has 0 unspecified atom stereocenters. The summed E-state index contributed by atoms with van der Waals surface area (Å²) in [5.41, 5.74) is -0.133. The van der Waals surface area contributed by atoms with Gasteiger partial charge in [-0.1, -0.05) is 0 Å². The number of phenolic OH excluding ortho intramolecular Hbond substituents is 1. The van der Waals surface area contributed by atoms with E-state index in [1.807, 2.05) is 6.07 Å². The van der Waals surface area contributed by atoms with Gasteiger partial charge in [-0.15, -0.1) is 0 Å². The molecule has 0 spiro atoms. The maximum Gasteiger partial charge on any atom is 0.256 e. The first-order valence-corrected chi connectivity index (χ1v) is 5.73. The van der Waals surface area contributed by atoms with Gasteiger partial charge in [0.2, 0.25) is 0 Å². The zero-order valence-electron chi connectivity index (χ0n) is 10.6. The normalized spacial score (nSPS) is 9.95. The van der Waals surface area contributed by atoms with Crippen LogP contribution >= 0.6 is 0 Å². The third-order valence-corrected chi connectivity index (χ3v) is 2.53. The minimum absolute atomic E-state index is 0.133. The van der Waals surface area contributed by atoms with Gasteiger partial charge in [0.25, 0.3) is 5.91 Å². The topological polar surface area (TPSA) is 73.6 Å². The van der Waals surface area contributed by atoms with Gasteiger partial charge in [0, 0.05) is 26.3 Å². The molecule has 1 aromatic carbocycles. The predicted molar refractivity (Wildman–Crippen MR) is 66.1 cm³/mol. The fraction of sp³-hybridized carbons (Fsp3) is 0.385. The number of methoxy groups -OCH3 is 1. The summed E-state index contributed by atoms with van der Waals surface area (Å²) in [4.78, 5) is 13.5. The molecule has 1 N–H and O–H groups in total. The lowest BCUT2D eigenvalue weighted by molar-refractivity contribution is 0.0695. The maximum absolute atomic E-state index is 13.6. The van der Waals surface area contributed by atoms with Crippen molar-refractivity contribution in [1.29, 1.82) is 5.26 Å². The molecule has 0 atom stereocenters. The number of nitrogens with zero attached hydrogens (tertiary/aromatic N) is 2. The molecule has 0 heterocycles. The Kier molecular flexibility index (Phi) is 5.76. The van der Waals surface area contributed by atoms with Gasteiger partial charge in [0.05, 0.1) is 24.7 Å². The molecule has 1 aromatic rings. The SMILES string of the molecule is COCCN(CCC#N)C(=O)c1ccc(O)cc1F. The summed E-state index contributed by atoms with van der Waals surface area (Å²) in [6.45, 7) is 0.785. The highest BCUT2D eigenvalue weighted by Gasteiger charge is 2.19. The third kappa shape index (κ3) is 4.23. The highest BCUT2D eigenvalue weighted by atomic mass is 19.1. The van der Waals surface area contributed by atoms with Crippen molar-refractivity contribution in [2.24, 2.45) is 0 Å². The first-order valence-electron chi connectivity index (χ1n) is 5.73. The number of benzene rings is 1. The molecule has 1 rings (SSSR count). The number of phenols is 1. The predicted octanol–water partition coefficient (Wildman–Crippen LogP) is 1.53. The van der Waals surface area contributed by atoms with Crippen LogP contribution in [-0.2, 0) is 4.74 Å². The number of carbonyl (C=O) groups is 1. The Balaban J connectivity index is 2.88. The Hall–Kier alpha value is -2.13. The minimum Gasteiger partial charge on any atom is -0.508 e. The van der Waals surface area contributed by atoms with Crippen LogP contribution in [0.4, 0.5) is 4.39 Å². The lowest BCUT2D eigenvalue weighted by atomic mass is 10.1. The van der Waals surface area contributed by atoms with Gasteiger partial charge < -0.3 is 14.7 Å². The summed E-state index contributed by atoms with van der Waals surface area (Å²) in [7, 11) is 1.49. The van der Waals surface area contributed by atoms with Crippen LogP contribution in [0.1, 0.15) is 16.8 Å². The van der Waals surface area contributed by atoms with Gasteiger partial charge in [0.1, 0.15) is 11.6 Å². The Morgan fingerprint density at radius 3 is 2.84 bits per heavy atom. The zero-order valence-corrected chi connectivity index (χ0v) is 10.6. The Morgan fingerprint density at radius 1 is 1.53 bits per heavy atom. The minimum atomic E-state index is -0.788. The molecule has 0 radical (unpaired) electrons. The first kappa shape index (κ1) is 14.9. The molecule has 0 bridgehead atoms. The molecule has 0 aromatic heterocycles. The third-order valence-electron chi connectivity index (χ3n) is 2.53. The second kappa shape index (κ2) is 7.34. The summed E-state index contributed by atoms with van der Waals surface area (Å²) in [5, 5.41) is 17.7. The number of rotatable bonds is 6. The number of aromatic hydroxyl groups is 1. The fourth-order valence-corrected chi connectivity index (χ4v) is 1.55. The van der Waals surface area contributed by atoms with Gasteiger partial charge >= 0.3 is 0 Å². The first-order chi connectivity index (χ1) is 9.10. The van der Waals surface area contributed by atoms with E-state index in [2.05, 4.69) is 0 Å². The van der Waals surface area contributed by atoms with Gasteiger partial charge in [-0.3, -0.25) is 4.79 Å². The molecular weight excluding hydrogens is 251 g/mol. The van der Waals surface area contributed by atoms with Crippen LogP contribution in [0.5, 0.6) is 5.75 Å². The highest BCUT2D eigenvalue weighted by Crippen LogP contribution is 2.16. The van der Waals surface area contributed by atoms with Crippen molar-refractivity contribution >= 4 is 5.91 Å². The van der Waals surface area contributed by atoms with Gasteiger partial charge in [-0.05, 0) is 12.1 Å². The van der Waals surface area contributed by atoms with Gasteiger partial charge in [-0.25, -0.2) is 4.39 Å². The summed E-state index contributed by atoms with van der Waals surface area (Å²) in [6, 6.07) is 5.28. The molecule has 19 heavy (non-hydrogen) atoms. The van der Waals surface area contributed by atoms with E-state index in [0.29, 0.717) is 6.61 Å². The maximum atomic E-state index is 13.6. The van der Waals surface area contributed by atoms with Gasteiger partial charge in [-0.2, -0.15) is 5.26 Å². The fourth-order valence-electron chi connectivity index (χ4n) is 1.55. The molecule has 0 saturated heterocycles. The van der Waals surface area contributed by atoms with E-state index in [1.165, 1.54) is 24.1 Å². The number of hydrogen-bond donors (Lipinski definition) is 1. The molecule has 6 heteroatoms. The average Bonchev–Trinajstić information content (AvgIpc) is 2.38. The summed E-state index contributed by atoms with van der Waals surface area (Å²) >= 11 is 0.